The lowest BCUT2D eigenvalue weighted by Crippen LogP contribution is -2.47. The summed E-state index contributed by atoms with van der Waals surface area (Å²) in [5, 5.41) is 14.8. The van der Waals surface area contributed by atoms with Crippen molar-refractivity contribution in [2.75, 3.05) is 5.32 Å². The zero-order chi connectivity index (χ0) is 17.7. The molecule has 0 saturated heterocycles. The maximum atomic E-state index is 12.5. The Morgan fingerprint density at radius 3 is 2.58 bits per heavy atom. The van der Waals surface area contributed by atoms with E-state index >= 15 is 0 Å². The fourth-order valence-corrected chi connectivity index (χ4v) is 3.03. The minimum atomic E-state index is -0.694. The average molecular weight is 350 g/mol. The minimum absolute atomic E-state index is 0.0908. The van der Waals surface area contributed by atoms with Gasteiger partial charge in [0.05, 0.1) is 6.26 Å². The van der Waals surface area contributed by atoms with Crippen LogP contribution in [0.15, 0.2) is 22.8 Å². The van der Waals surface area contributed by atoms with E-state index in [-0.39, 0.29) is 17.6 Å². The van der Waals surface area contributed by atoms with Gasteiger partial charge < -0.3 is 9.73 Å². The third-order valence-corrected chi connectivity index (χ3v) is 4.12. The first kappa shape index (κ1) is 18.1. The number of carbonyl (C=O) groups is 2. The summed E-state index contributed by atoms with van der Waals surface area (Å²) in [6.07, 6.45) is 2.23. The molecule has 0 aliphatic carbocycles. The van der Waals surface area contributed by atoms with E-state index in [1.165, 1.54) is 17.6 Å². The fraction of sp³-hybridized carbons (Fsp3) is 0.500. The van der Waals surface area contributed by atoms with Gasteiger partial charge in [0.2, 0.25) is 11.0 Å². The van der Waals surface area contributed by atoms with Crippen LogP contribution >= 0.6 is 11.3 Å². The Hall–Kier alpha value is -2.22. The molecule has 0 fully saturated rings. The van der Waals surface area contributed by atoms with Crippen molar-refractivity contribution < 1.29 is 14.0 Å². The van der Waals surface area contributed by atoms with Crippen molar-refractivity contribution in [1.29, 1.82) is 0 Å². The molecule has 2 rings (SSSR count). The number of anilines is 1. The number of hydrogen-bond acceptors (Lipinski definition) is 6. The standard InChI is InChI=1S/C16H22N4O3S/c1-9(2)8-12-19-20-16(24-12)18-15(22)13(10(3)4)17-14(21)11-6-5-7-23-11/h5-7,9-10,13H,8H2,1-4H3,(H,17,21)(H,18,20,22). The Balaban J connectivity index is 2.01. The summed E-state index contributed by atoms with van der Waals surface area (Å²) in [7, 11) is 0. The highest BCUT2D eigenvalue weighted by molar-refractivity contribution is 7.15. The molecule has 0 radical (unpaired) electrons. The molecule has 2 N–H and O–H groups in total. The quantitative estimate of drug-likeness (QED) is 0.800. The molecule has 0 bridgehead atoms. The number of nitrogens with one attached hydrogen (secondary N) is 2. The normalized spacial score (nSPS) is 12.4. The summed E-state index contributed by atoms with van der Waals surface area (Å²) in [6, 6.07) is 2.48. The highest BCUT2D eigenvalue weighted by Gasteiger charge is 2.26. The molecule has 8 heteroatoms. The van der Waals surface area contributed by atoms with Gasteiger partial charge in [-0.3, -0.25) is 14.9 Å². The van der Waals surface area contributed by atoms with Crippen molar-refractivity contribution in [3.05, 3.63) is 29.2 Å². The Kier molecular flexibility index (Phi) is 6.08. The van der Waals surface area contributed by atoms with Crippen LogP contribution in [0.1, 0.15) is 43.3 Å². The molecule has 1 atom stereocenters. The molecule has 0 aliphatic rings. The summed E-state index contributed by atoms with van der Waals surface area (Å²) < 4.78 is 5.05. The van der Waals surface area contributed by atoms with Gasteiger partial charge in [0.15, 0.2) is 5.76 Å². The van der Waals surface area contributed by atoms with Crippen LogP contribution in [0.5, 0.6) is 0 Å². The van der Waals surface area contributed by atoms with E-state index in [1.807, 2.05) is 13.8 Å². The van der Waals surface area contributed by atoms with Crippen molar-refractivity contribution in [1.82, 2.24) is 15.5 Å². The maximum Gasteiger partial charge on any atom is 0.287 e. The molecule has 0 aliphatic heterocycles. The van der Waals surface area contributed by atoms with E-state index in [4.69, 9.17) is 4.42 Å². The number of hydrogen-bond donors (Lipinski definition) is 2. The molecule has 0 aromatic carbocycles. The fourth-order valence-electron chi connectivity index (χ4n) is 2.07. The molecule has 0 spiro atoms. The second-order valence-corrected chi connectivity index (χ2v) is 7.32. The van der Waals surface area contributed by atoms with Crippen molar-refractivity contribution in [2.24, 2.45) is 11.8 Å². The number of nitrogens with zero attached hydrogens (tertiary/aromatic N) is 2. The molecular formula is C16H22N4O3S. The van der Waals surface area contributed by atoms with Crippen molar-refractivity contribution in [3.8, 4) is 0 Å². The molecule has 0 saturated carbocycles. The second-order valence-electron chi connectivity index (χ2n) is 6.26. The van der Waals surface area contributed by atoms with Crippen molar-refractivity contribution >= 4 is 28.3 Å². The predicted molar refractivity (Wildman–Crippen MR) is 91.9 cm³/mol. The lowest BCUT2D eigenvalue weighted by atomic mass is 10.0. The number of amides is 2. The van der Waals surface area contributed by atoms with Crippen molar-refractivity contribution in [2.45, 2.75) is 40.2 Å². The molecule has 2 aromatic rings. The molecule has 7 nitrogen and oxygen atoms in total. The summed E-state index contributed by atoms with van der Waals surface area (Å²) in [5.41, 5.74) is 0. The van der Waals surface area contributed by atoms with E-state index in [1.54, 1.807) is 12.1 Å². The Morgan fingerprint density at radius 2 is 2.00 bits per heavy atom. The van der Waals surface area contributed by atoms with Crippen LogP contribution in [-0.2, 0) is 11.2 Å². The van der Waals surface area contributed by atoms with Gasteiger partial charge in [0.1, 0.15) is 11.0 Å². The van der Waals surface area contributed by atoms with Gasteiger partial charge in [-0.25, -0.2) is 0 Å². The zero-order valence-corrected chi connectivity index (χ0v) is 15.0. The molecular weight excluding hydrogens is 328 g/mol. The Labute approximate surface area is 144 Å². The van der Waals surface area contributed by atoms with Gasteiger partial charge in [-0.15, -0.1) is 10.2 Å². The Bertz CT molecular complexity index is 679. The van der Waals surface area contributed by atoms with Gasteiger partial charge in [0.25, 0.3) is 5.91 Å². The lowest BCUT2D eigenvalue weighted by molar-refractivity contribution is -0.118. The third-order valence-electron chi connectivity index (χ3n) is 3.26. The third kappa shape index (κ3) is 4.89. The van der Waals surface area contributed by atoms with E-state index < -0.39 is 11.9 Å². The average Bonchev–Trinajstić information content (AvgIpc) is 3.15. The van der Waals surface area contributed by atoms with Crippen LogP contribution in [0, 0.1) is 11.8 Å². The van der Waals surface area contributed by atoms with Crippen molar-refractivity contribution in [3.63, 3.8) is 0 Å². The molecule has 24 heavy (non-hydrogen) atoms. The topological polar surface area (TPSA) is 97.1 Å². The second kappa shape index (κ2) is 8.05. The van der Waals surface area contributed by atoms with Gasteiger partial charge in [-0.05, 0) is 24.0 Å². The van der Waals surface area contributed by atoms with Gasteiger partial charge in [-0.2, -0.15) is 0 Å². The number of rotatable bonds is 7. The number of carbonyl (C=O) groups excluding carboxylic acids is 2. The van der Waals surface area contributed by atoms with Crippen LogP contribution in [0.3, 0.4) is 0 Å². The predicted octanol–water partition coefficient (Wildman–Crippen LogP) is 2.72. The smallest absolute Gasteiger partial charge is 0.287 e. The highest BCUT2D eigenvalue weighted by atomic mass is 32.1. The van der Waals surface area contributed by atoms with E-state index in [9.17, 15) is 9.59 Å². The number of furan rings is 1. The van der Waals surface area contributed by atoms with Crippen LogP contribution < -0.4 is 10.6 Å². The van der Waals surface area contributed by atoms with Crippen LogP contribution in [0.2, 0.25) is 0 Å². The van der Waals surface area contributed by atoms with Crippen LogP contribution in [-0.4, -0.2) is 28.1 Å². The summed E-state index contributed by atoms with van der Waals surface area (Å²) in [4.78, 5) is 24.6. The lowest BCUT2D eigenvalue weighted by Gasteiger charge is -2.20. The molecule has 2 heterocycles. The van der Waals surface area contributed by atoms with E-state index in [2.05, 4.69) is 34.7 Å². The molecule has 2 aromatic heterocycles. The minimum Gasteiger partial charge on any atom is -0.459 e. The first-order valence-corrected chi connectivity index (χ1v) is 8.66. The highest BCUT2D eigenvalue weighted by Crippen LogP contribution is 2.19. The SMILES string of the molecule is CC(C)Cc1nnc(NC(=O)C(NC(=O)c2ccco2)C(C)C)s1. The monoisotopic (exact) mass is 350 g/mol. The summed E-state index contributed by atoms with van der Waals surface area (Å²) in [5.74, 6) is -0.197. The summed E-state index contributed by atoms with van der Waals surface area (Å²) >= 11 is 1.35. The first-order valence-electron chi connectivity index (χ1n) is 7.84. The van der Waals surface area contributed by atoms with E-state index in [0.29, 0.717) is 11.0 Å². The van der Waals surface area contributed by atoms with E-state index in [0.717, 1.165) is 11.4 Å². The van der Waals surface area contributed by atoms with Crippen LogP contribution in [0.4, 0.5) is 5.13 Å². The summed E-state index contributed by atoms with van der Waals surface area (Å²) in [6.45, 7) is 7.91. The first-order chi connectivity index (χ1) is 11.4. The van der Waals surface area contributed by atoms with Gasteiger partial charge in [-0.1, -0.05) is 39.0 Å². The Morgan fingerprint density at radius 1 is 1.25 bits per heavy atom. The van der Waals surface area contributed by atoms with Gasteiger partial charge in [0, 0.05) is 6.42 Å². The number of aromatic nitrogens is 2. The molecule has 130 valence electrons. The van der Waals surface area contributed by atoms with Gasteiger partial charge >= 0.3 is 0 Å². The molecule has 1 unspecified atom stereocenters. The molecule has 2 amide bonds. The van der Waals surface area contributed by atoms with Crippen LogP contribution in [0.25, 0.3) is 0 Å². The maximum absolute atomic E-state index is 12.5. The largest absolute Gasteiger partial charge is 0.459 e. The zero-order valence-electron chi connectivity index (χ0n) is 14.2.